The molecule has 2 rings (SSSR count). The van der Waals surface area contributed by atoms with Gasteiger partial charge in [0, 0.05) is 28.4 Å². The summed E-state index contributed by atoms with van der Waals surface area (Å²) >= 11 is 1.91. The molecule has 0 amide bonds. The van der Waals surface area contributed by atoms with Gasteiger partial charge < -0.3 is 5.73 Å². The van der Waals surface area contributed by atoms with Crippen LogP contribution < -0.4 is 5.73 Å². The lowest BCUT2D eigenvalue weighted by Crippen LogP contribution is -2.42. The van der Waals surface area contributed by atoms with E-state index in [1.807, 2.05) is 11.3 Å². The van der Waals surface area contributed by atoms with Gasteiger partial charge in [-0.25, -0.2) is 0 Å². The molecule has 0 spiro atoms. The molecule has 102 valence electrons. The first kappa shape index (κ1) is 14.0. The van der Waals surface area contributed by atoms with E-state index in [0.29, 0.717) is 12.1 Å². The number of hydrogen-bond donors (Lipinski definition) is 1. The van der Waals surface area contributed by atoms with E-state index in [4.69, 9.17) is 5.73 Å². The molecule has 4 atom stereocenters. The summed E-state index contributed by atoms with van der Waals surface area (Å²) in [6, 6.07) is 5.81. The van der Waals surface area contributed by atoms with E-state index in [0.717, 1.165) is 12.3 Å². The summed E-state index contributed by atoms with van der Waals surface area (Å²) in [4.78, 5) is 5.46. The summed E-state index contributed by atoms with van der Waals surface area (Å²) in [5.74, 6) is 0.799. The van der Waals surface area contributed by atoms with Gasteiger partial charge in [-0.1, -0.05) is 13.8 Å². The highest BCUT2D eigenvalue weighted by Crippen LogP contribution is 2.37. The smallest absolute Gasteiger partial charge is 0.0595 e. The minimum atomic E-state index is 0.246. The summed E-state index contributed by atoms with van der Waals surface area (Å²) in [5, 5.41) is 0. The lowest BCUT2D eigenvalue weighted by atomic mass is 10.0. The van der Waals surface area contributed by atoms with Gasteiger partial charge in [0.2, 0.25) is 0 Å². The number of hydrogen-bond acceptors (Lipinski definition) is 3. The minimum Gasteiger partial charge on any atom is -0.326 e. The highest BCUT2D eigenvalue weighted by molar-refractivity contribution is 7.12. The van der Waals surface area contributed by atoms with Gasteiger partial charge in [0.15, 0.2) is 0 Å². The molecule has 1 fully saturated rings. The van der Waals surface area contributed by atoms with Crippen LogP contribution in [0.4, 0.5) is 0 Å². The van der Waals surface area contributed by atoms with Crippen LogP contribution in [0.2, 0.25) is 0 Å². The van der Waals surface area contributed by atoms with Gasteiger partial charge >= 0.3 is 0 Å². The van der Waals surface area contributed by atoms with Crippen LogP contribution in [0.5, 0.6) is 0 Å². The molecule has 0 bridgehead atoms. The molecule has 2 N–H and O–H groups in total. The fourth-order valence-corrected chi connectivity index (χ4v) is 4.25. The molecule has 1 aliphatic rings. The van der Waals surface area contributed by atoms with Gasteiger partial charge in [-0.2, -0.15) is 0 Å². The second-order valence-electron chi connectivity index (χ2n) is 5.85. The fraction of sp³-hybridized carbons (Fsp3) is 0.733. The van der Waals surface area contributed by atoms with Gasteiger partial charge in [0.1, 0.15) is 0 Å². The maximum absolute atomic E-state index is 6.41. The van der Waals surface area contributed by atoms with Gasteiger partial charge in [0.25, 0.3) is 0 Å². The van der Waals surface area contributed by atoms with Crippen molar-refractivity contribution in [2.45, 2.75) is 58.7 Å². The van der Waals surface area contributed by atoms with Gasteiger partial charge in [0.05, 0.1) is 6.04 Å². The number of likely N-dealkylation sites (tertiary alicyclic amines) is 1. The SMILES string of the molecule is CCC(N)C(c1ccc(C)s1)N1CC(C)CC1C. The standard InChI is InChI=1S/C15H26N2S/c1-5-13(16)15(14-7-6-12(4)18-14)17-9-10(2)8-11(17)3/h6-7,10-11,13,15H,5,8-9,16H2,1-4H3. The molecular formula is C15H26N2S. The molecule has 0 aromatic carbocycles. The third-order valence-electron chi connectivity index (χ3n) is 4.12. The third kappa shape index (κ3) is 2.79. The molecule has 1 aromatic rings. The summed E-state index contributed by atoms with van der Waals surface area (Å²) in [6.07, 6.45) is 2.34. The molecule has 1 aromatic heterocycles. The summed E-state index contributed by atoms with van der Waals surface area (Å²) in [5.41, 5.74) is 6.41. The average Bonchev–Trinajstić information content (AvgIpc) is 2.86. The Kier molecular flexibility index (Phi) is 4.46. The van der Waals surface area contributed by atoms with Gasteiger partial charge in [-0.05, 0) is 44.7 Å². The molecule has 0 aliphatic carbocycles. The van der Waals surface area contributed by atoms with Crippen molar-refractivity contribution in [3.05, 3.63) is 21.9 Å². The number of nitrogens with zero attached hydrogens (tertiary/aromatic N) is 1. The molecule has 4 unspecified atom stereocenters. The molecule has 3 heteroatoms. The van der Waals surface area contributed by atoms with E-state index in [9.17, 15) is 0 Å². The minimum absolute atomic E-state index is 0.246. The molecule has 1 aliphatic heterocycles. The van der Waals surface area contributed by atoms with Crippen LogP contribution in [0, 0.1) is 12.8 Å². The topological polar surface area (TPSA) is 29.3 Å². The van der Waals surface area contributed by atoms with Crippen molar-refractivity contribution >= 4 is 11.3 Å². The number of rotatable bonds is 4. The largest absolute Gasteiger partial charge is 0.326 e. The quantitative estimate of drug-likeness (QED) is 0.903. The molecule has 1 saturated heterocycles. The van der Waals surface area contributed by atoms with E-state index in [2.05, 4.69) is 44.7 Å². The monoisotopic (exact) mass is 266 g/mol. The highest BCUT2D eigenvalue weighted by atomic mass is 32.1. The van der Waals surface area contributed by atoms with Gasteiger partial charge in [-0.15, -0.1) is 11.3 Å². The maximum atomic E-state index is 6.41. The summed E-state index contributed by atoms with van der Waals surface area (Å²) in [6.45, 7) is 10.3. The van der Waals surface area contributed by atoms with Crippen molar-refractivity contribution in [1.29, 1.82) is 0 Å². The average molecular weight is 266 g/mol. The van der Waals surface area contributed by atoms with E-state index in [-0.39, 0.29) is 6.04 Å². The predicted octanol–water partition coefficient (Wildman–Crippen LogP) is 3.57. The first-order chi connectivity index (χ1) is 8.52. The molecule has 2 nitrogen and oxygen atoms in total. The van der Waals surface area contributed by atoms with Crippen LogP contribution in [0.15, 0.2) is 12.1 Å². The highest BCUT2D eigenvalue weighted by Gasteiger charge is 2.35. The zero-order valence-corrected chi connectivity index (χ0v) is 12.8. The van der Waals surface area contributed by atoms with Gasteiger partial charge in [-0.3, -0.25) is 4.90 Å². The van der Waals surface area contributed by atoms with Crippen LogP contribution in [0.25, 0.3) is 0 Å². The van der Waals surface area contributed by atoms with E-state index in [1.54, 1.807) is 0 Å². The zero-order chi connectivity index (χ0) is 13.3. The first-order valence-electron chi connectivity index (χ1n) is 7.10. The van der Waals surface area contributed by atoms with Crippen LogP contribution in [-0.4, -0.2) is 23.5 Å². The van der Waals surface area contributed by atoms with Crippen molar-refractivity contribution in [1.82, 2.24) is 4.90 Å². The van der Waals surface area contributed by atoms with Crippen molar-refractivity contribution in [2.75, 3.05) is 6.54 Å². The second-order valence-corrected chi connectivity index (χ2v) is 7.17. The number of nitrogens with two attached hydrogens (primary N) is 1. The molecule has 18 heavy (non-hydrogen) atoms. The Morgan fingerprint density at radius 2 is 2.17 bits per heavy atom. The Hall–Kier alpha value is -0.380. The van der Waals surface area contributed by atoms with Crippen LogP contribution >= 0.6 is 11.3 Å². The second kappa shape index (κ2) is 5.72. The lowest BCUT2D eigenvalue weighted by molar-refractivity contribution is 0.163. The first-order valence-corrected chi connectivity index (χ1v) is 7.92. The Labute approximate surface area is 115 Å². The Balaban J connectivity index is 2.25. The summed E-state index contributed by atoms with van der Waals surface area (Å²) < 4.78 is 0. The Bertz CT molecular complexity index is 388. The van der Waals surface area contributed by atoms with Crippen molar-refractivity contribution in [3.8, 4) is 0 Å². The molecule has 2 heterocycles. The van der Waals surface area contributed by atoms with Crippen molar-refractivity contribution < 1.29 is 0 Å². The normalized spacial score (nSPS) is 28.5. The maximum Gasteiger partial charge on any atom is 0.0595 e. The predicted molar refractivity (Wildman–Crippen MR) is 80.0 cm³/mol. The zero-order valence-electron chi connectivity index (χ0n) is 12.0. The number of thiophene rings is 1. The molecular weight excluding hydrogens is 240 g/mol. The number of aryl methyl sites for hydroxylation is 1. The molecule has 0 radical (unpaired) electrons. The van der Waals surface area contributed by atoms with Crippen molar-refractivity contribution in [2.24, 2.45) is 11.7 Å². The van der Waals surface area contributed by atoms with Crippen LogP contribution in [-0.2, 0) is 0 Å². The van der Waals surface area contributed by atoms with Crippen molar-refractivity contribution in [3.63, 3.8) is 0 Å². The van der Waals surface area contributed by atoms with E-state index in [1.165, 1.54) is 22.7 Å². The Morgan fingerprint density at radius 3 is 2.61 bits per heavy atom. The lowest BCUT2D eigenvalue weighted by Gasteiger charge is -2.34. The third-order valence-corrected chi connectivity index (χ3v) is 5.19. The van der Waals surface area contributed by atoms with Crippen LogP contribution in [0.1, 0.15) is 49.4 Å². The van der Waals surface area contributed by atoms with Crippen LogP contribution in [0.3, 0.4) is 0 Å². The summed E-state index contributed by atoms with van der Waals surface area (Å²) in [7, 11) is 0. The van der Waals surface area contributed by atoms with E-state index < -0.39 is 0 Å². The van der Waals surface area contributed by atoms with E-state index >= 15 is 0 Å². The molecule has 0 saturated carbocycles. The Morgan fingerprint density at radius 1 is 1.44 bits per heavy atom. The fourth-order valence-electron chi connectivity index (χ4n) is 3.18.